The maximum atomic E-state index is 11.5. The van der Waals surface area contributed by atoms with Crippen LogP contribution in [0.5, 0.6) is 0 Å². The van der Waals surface area contributed by atoms with Crippen LogP contribution in [0.3, 0.4) is 0 Å². The van der Waals surface area contributed by atoms with Gasteiger partial charge in [0.15, 0.2) is 11.6 Å². The maximum absolute atomic E-state index is 11.5. The molecule has 0 atom stereocenters. The van der Waals surface area contributed by atoms with Crippen molar-refractivity contribution in [3.8, 4) is 89.8 Å². The number of hydrogen-bond acceptors (Lipinski definition) is 10. The molecular formula is C117H118Ir4N6O4-6. The quantitative estimate of drug-likeness (QED) is 0.0611. The molecule has 10 nitrogen and oxygen atoms in total. The van der Waals surface area contributed by atoms with E-state index in [1.165, 1.54) is 92.4 Å². The van der Waals surface area contributed by atoms with Gasteiger partial charge >= 0.3 is 0 Å². The van der Waals surface area contributed by atoms with Crippen molar-refractivity contribution < 1.29 is 100 Å². The van der Waals surface area contributed by atoms with Gasteiger partial charge in [0.25, 0.3) is 0 Å². The van der Waals surface area contributed by atoms with Crippen LogP contribution in [0.2, 0.25) is 0 Å². The van der Waals surface area contributed by atoms with Gasteiger partial charge in [-0.05, 0) is 163 Å². The van der Waals surface area contributed by atoms with Crippen LogP contribution in [0, 0.1) is 108 Å². The summed E-state index contributed by atoms with van der Waals surface area (Å²) < 4.78 is 0. The van der Waals surface area contributed by atoms with Gasteiger partial charge in [-0.3, -0.25) is 19.6 Å². The van der Waals surface area contributed by atoms with Crippen molar-refractivity contribution >= 4 is 33.4 Å². The van der Waals surface area contributed by atoms with Crippen LogP contribution in [-0.4, -0.2) is 51.7 Å². The number of allylic oxidation sites excluding steroid dienone is 4. The first-order chi connectivity index (χ1) is 60.7. The van der Waals surface area contributed by atoms with Crippen LogP contribution in [0.25, 0.3) is 112 Å². The Morgan fingerprint density at radius 1 is 0.344 bits per heavy atom. The molecule has 0 amide bonds. The Morgan fingerprint density at radius 2 is 0.771 bits per heavy atom. The van der Waals surface area contributed by atoms with Gasteiger partial charge in [-0.1, -0.05) is 242 Å². The second-order valence-corrected chi connectivity index (χ2v) is 34.5. The van der Waals surface area contributed by atoms with Crippen molar-refractivity contribution in [3.05, 3.63) is 420 Å². The van der Waals surface area contributed by atoms with Crippen molar-refractivity contribution in [3.63, 3.8) is 0 Å². The van der Waals surface area contributed by atoms with Crippen LogP contribution in [-0.2, 0) is 103 Å². The summed E-state index contributed by atoms with van der Waals surface area (Å²) >= 11 is 0. The van der Waals surface area contributed by atoms with Gasteiger partial charge in [0.2, 0.25) is 0 Å². The molecule has 2 N–H and O–H groups in total. The molecule has 6 aromatic heterocycles. The number of ketones is 2. The van der Waals surface area contributed by atoms with Crippen LogP contribution in [0.15, 0.2) is 334 Å². The molecule has 0 saturated heterocycles. The third kappa shape index (κ3) is 37.1. The summed E-state index contributed by atoms with van der Waals surface area (Å²) in [4.78, 5) is 48.7. The fourth-order valence-corrected chi connectivity index (χ4v) is 13.3. The third-order valence-corrected chi connectivity index (χ3v) is 19.7. The van der Waals surface area contributed by atoms with Crippen molar-refractivity contribution in [2.75, 3.05) is 0 Å². The Kier molecular flexibility index (Phi) is 46.3. The molecule has 4 radical (unpaired) electrons. The second-order valence-electron chi connectivity index (χ2n) is 34.5. The largest absolute Gasteiger partial charge is 0.512 e. The first kappa shape index (κ1) is 110. The van der Waals surface area contributed by atoms with E-state index in [0.717, 1.165) is 108 Å². The van der Waals surface area contributed by atoms with Crippen molar-refractivity contribution in [1.82, 2.24) is 29.9 Å². The Balaban J connectivity index is 0.000000269. The first-order valence-electron chi connectivity index (χ1n) is 43.1. The molecular weight excluding hydrogens is 2320 g/mol. The van der Waals surface area contributed by atoms with Crippen LogP contribution in [0.1, 0.15) is 133 Å². The normalized spacial score (nSPS) is 10.7. The van der Waals surface area contributed by atoms with Gasteiger partial charge in [0, 0.05) is 139 Å². The van der Waals surface area contributed by atoms with Gasteiger partial charge in [-0.25, -0.2) is 0 Å². The van der Waals surface area contributed by atoms with E-state index >= 15 is 0 Å². The number of carbonyl (C=O) groups is 2. The van der Waals surface area contributed by atoms with Crippen LogP contribution in [0.4, 0.5) is 0 Å². The summed E-state index contributed by atoms with van der Waals surface area (Å²) in [5, 5.41) is 20.5. The summed E-state index contributed by atoms with van der Waals surface area (Å²) in [7, 11) is 0. The second kappa shape index (κ2) is 55.1. The first-order valence-corrected chi connectivity index (χ1v) is 43.1. The maximum Gasteiger partial charge on any atom is 0.164 e. The fraction of sp³-hybridized carbons (Fsp3) is 0.214. The fourth-order valence-electron chi connectivity index (χ4n) is 13.3. The molecule has 14 heteroatoms. The number of hydrogen-bond donors (Lipinski definition) is 2. The van der Waals surface area contributed by atoms with Crippen LogP contribution < -0.4 is 0 Å². The molecule has 0 bridgehead atoms. The summed E-state index contributed by atoms with van der Waals surface area (Å²) in [6.45, 7) is 37.7. The predicted molar refractivity (Wildman–Crippen MR) is 529 cm³/mol. The van der Waals surface area contributed by atoms with Gasteiger partial charge < -0.3 is 30.1 Å². The van der Waals surface area contributed by atoms with E-state index in [-0.39, 0.29) is 109 Å². The van der Waals surface area contributed by atoms with E-state index in [2.05, 4.69) is 259 Å². The van der Waals surface area contributed by atoms with E-state index in [9.17, 15) is 14.7 Å². The van der Waals surface area contributed by atoms with E-state index in [4.69, 9.17) is 15.1 Å². The molecule has 16 aromatic rings. The molecule has 0 spiro atoms. The number of fused-ring (bicyclic) bond motifs is 2. The molecule has 0 aliphatic heterocycles. The SMILES string of the molecule is CC(=O)C=C(C)O.CC(C)(C)C(=O)C=C(O)C(C)(C)C.Cc1[c-]c(-c2cc(CC(C)C)c3cc(C)ccc3n2)cc(C)c1.Cc1[c-]c(-c2cc(CC(C)C)c3ccccc3n2)cc(C)c1.Cc1ccc(-c2[c-]cccc2)nc1.Cc1ccc(-c2ccnc(-c3[c-]cccc3)c2)cc1.[Ir].[Ir].[Ir].[Ir].[c-]1ccccc1-c1ccc(-c2ccccc2)cn1.[c-]1ccccc1-c1ccccn1. The number of aromatic nitrogens is 6. The smallest absolute Gasteiger partial charge is 0.164 e. The molecule has 0 aliphatic carbocycles. The van der Waals surface area contributed by atoms with Gasteiger partial charge in [-0.15, -0.1) is 213 Å². The summed E-state index contributed by atoms with van der Waals surface area (Å²) in [6.07, 6.45) is 12.1. The molecule has 131 heavy (non-hydrogen) atoms. The van der Waals surface area contributed by atoms with E-state index in [1.54, 1.807) is 6.20 Å². The zero-order valence-corrected chi connectivity index (χ0v) is 88.0. The third-order valence-electron chi connectivity index (χ3n) is 19.7. The molecule has 6 heterocycles. The van der Waals surface area contributed by atoms with Crippen molar-refractivity contribution in [2.45, 2.75) is 144 Å². The number of aliphatic hydroxyl groups excluding tert-OH is 2. The molecule has 682 valence electrons. The monoisotopic (exact) mass is 2440 g/mol. The minimum atomic E-state index is -0.417. The van der Waals surface area contributed by atoms with Crippen molar-refractivity contribution in [1.29, 1.82) is 0 Å². The number of aryl methyl sites for hydroxylation is 7. The van der Waals surface area contributed by atoms with Gasteiger partial charge in [-0.2, -0.15) is 0 Å². The average Bonchev–Trinajstić information content (AvgIpc) is 0.801. The van der Waals surface area contributed by atoms with Gasteiger partial charge in [0.05, 0.1) is 16.8 Å². The Morgan fingerprint density at radius 3 is 1.20 bits per heavy atom. The summed E-state index contributed by atoms with van der Waals surface area (Å²) in [5.74, 6) is 1.29. The number of carbonyl (C=O) groups excluding carboxylic acids is 2. The molecule has 0 fully saturated rings. The van der Waals surface area contributed by atoms with E-state index in [0.29, 0.717) is 11.8 Å². The summed E-state index contributed by atoms with van der Waals surface area (Å²) in [5.41, 5.74) is 29.7. The number of benzene rings is 10. The number of pyridine rings is 6. The Bertz CT molecular complexity index is 6090. The molecule has 0 saturated carbocycles. The minimum Gasteiger partial charge on any atom is -0.512 e. The molecule has 10 aromatic carbocycles. The number of rotatable bonds is 14. The van der Waals surface area contributed by atoms with Gasteiger partial charge in [0.1, 0.15) is 5.76 Å². The zero-order valence-electron chi connectivity index (χ0n) is 78.4. The van der Waals surface area contributed by atoms with Crippen molar-refractivity contribution in [2.24, 2.45) is 22.7 Å². The molecule has 16 rings (SSSR count). The minimum absolute atomic E-state index is 0. The van der Waals surface area contributed by atoms with Crippen LogP contribution >= 0.6 is 0 Å². The van der Waals surface area contributed by atoms with E-state index < -0.39 is 5.41 Å². The summed E-state index contributed by atoms with van der Waals surface area (Å²) in [6, 6.07) is 116. The number of nitrogens with zero attached hydrogens (tertiary/aromatic N) is 6. The average molecular weight is 2440 g/mol. The Labute approximate surface area is 833 Å². The Hall–Kier alpha value is -11.4. The number of para-hydroxylation sites is 1. The topological polar surface area (TPSA) is 152 Å². The predicted octanol–water partition coefficient (Wildman–Crippen LogP) is 29.6. The van der Waals surface area contributed by atoms with E-state index in [1.807, 2.05) is 219 Å². The molecule has 0 unspecified atom stereocenters. The zero-order chi connectivity index (χ0) is 91.6. The number of aliphatic hydroxyl groups is 2. The standard InChI is InChI=1S/C22H24N.C21H22N.C18H14N.C17H12N.C12H10N.C11H8N.C11H20O2.C5H8O2.4Ir/c1-14(2)8-18-13-22(19-10-16(4)9-17(5)11-19)23-21-7-6-15(3)12-20(18)21;1-14(2)9-17-13-21(18-11-15(3)10-16(4)12-18)22-20-8-6-5-7-19(17)20;1-14-7-9-15(10-8-14)17-11-12-19-18(13-17)16-5-3-2-4-6-16;1-3-7-14(8-4-1)16-11-12-17(18-13-16)15-9-5-2-6-10-15;1-10-7-8-12(13-9-10)11-5-3-2-4-6-11;1-2-6-10(7-3-1)11-8-4-5-9-12-11;1-10(2,3)8(12)7-9(13)11(4,5)6;1-4(6)3-5(2)7;;;;/h6-7,9-10,12-14H,8H2,1-5H3;5-8,10-11,13-14H,9H2,1-4H3;2-5,7-13H,1H3;1-9,11-13H;2-5,7-9H,1H3;1-6,8-9H;7,12H,1-6H3;3,6H,1-2H3;;;;/q6*-1;;;;;;. The molecule has 0 aliphatic rings.